The van der Waals surface area contributed by atoms with E-state index >= 15 is 0 Å². The van der Waals surface area contributed by atoms with Gasteiger partial charge in [0.15, 0.2) is 6.10 Å². The maximum Gasteiger partial charge on any atom is 0.335 e. The lowest BCUT2D eigenvalue weighted by Crippen LogP contribution is -2.46. The summed E-state index contributed by atoms with van der Waals surface area (Å²) in [6, 6.07) is 0. The van der Waals surface area contributed by atoms with E-state index in [1.807, 2.05) is 0 Å². The fraction of sp³-hybridized carbons (Fsp3) is 0.714. The number of carboxylic acid groups (broad SMARTS) is 2. The van der Waals surface area contributed by atoms with E-state index in [9.17, 15) is 9.59 Å². The van der Waals surface area contributed by atoms with Gasteiger partial charge >= 0.3 is 11.9 Å². The predicted octanol–water partition coefficient (Wildman–Crippen LogP) is -2.13. The Morgan fingerprint density at radius 3 is 1.64 bits per heavy atom. The van der Waals surface area contributed by atoms with Crippen molar-refractivity contribution in [1.29, 1.82) is 0 Å². The SMILES string of the molecule is C[C@H](C(=O)O)[C@@H](O)[C@H](O)[C@@H](O)C(=O)O. The molecule has 0 aromatic heterocycles. The molecule has 0 aliphatic carbocycles. The summed E-state index contributed by atoms with van der Waals surface area (Å²) in [5.74, 6) is -4.48. The van der Waals surface area contributed by atoms with Crippen molar-refractivity contribution in [1.82, 2.24) is 0 Å². The number of rotatable bonds is 5. The van der Waals surface area contributed by atoms with Crippen molar-refractivity contribution < 1.29 is 35.1 Å². The molecule has 7 nitrogen and oxygen atoms in total. The minimum absolute atomic E-state index is 1.09. The summed E-state index contributed by atoms with van der Waals surface area (Å²) in [5, 5.41) is 43.6. The average Bonchev–Trinajstić information content (AvgIpc) is 2.12. The van der Waals surface area contributed by atoms with Gasteiger partial charge in [-0.3, -0.25) is 4.79 Å². The number of hydrogen-bond donors (Lipinski definition) is 5. The summed E-state index contributed by atoms with van der Waals surface area (Å²) < 4.78 is 0. The highest BCUT2D eigenvalue weighted by molar-refractivity contribution is 5.74. The van der Waals surface area contributed by atoms with Crippen LogP contribution in [0.3, 0.4) is 0 Å². The van der Waals surface area contributed by atoms with Crippen LogP contribution >= 0.6 is 0 Å². The van der Waals surface area contributed by atoms with Crippen LogP contribution in [0.5, 0.6) is 0 Å². The minimum Gasteiger partial charge on any atom is -0.481 e. The molecular formula is C7H12O7. The first kappa shape index (κ1) is 12.8. The van der Waals surface area contributed by atoms with Crippen molar-refractivity contribution >= 4 is 11.9 Å². The number of aliphatic hydroxyl groups is 3. The Bertz CT molecular complexity index is 202. The second-order valence-corrected chi connectivity index (χ2v) is 2.89. The average molecular weight is 208 g/mol. The highest BCUT2D eigenvalue weighted by atomic mass is 16.4. The van der Waals surface area contributed by atoms with Crippen molar-refractivity contribution in [3.05, 3.63) is 0 Å². The van der Waals surface area contributed by atoms with Gasteiger partial charge in [0.25, 0.3) is 0 Å². The zero-order valence-corrected chi connectivity index (χ0v) is 7.36. The van der Waals surface area contributed by atoms with Gasteiger partial charge in [-0.25, -0.2) is 4.79 Å². The molecule has 0 rings (SSSR count). The van der Waals surface area contributed by atoms with Gasteiger partial charge in [-0.2, -0.15) is 0 Å². The monoisotopic (exact) mass is 208 g/mol. The van der Waals surface area contributed by atoms with E-state index in [0.29, 0.717) is 0 Å². The molecule has 7 heteroatoms. The van der Waals surface area contributed by atoms with Crippen LogP contribution in [-0.2, 0) is 9.59 Å². The summed E-state index contributed by atoms with van der Waals surface area (Å²) in [6.07, 6.45) is -6.07. The van der Waals surface area contributed by atoms with Gasteiger partial charge in [-0.15, -0.1) is 0 Å². The quantitative estimate of drug-likeness (QED) is 0.348. The van der Waals surface area contributed by atoms with Gasteiger partial charge in [0, 0.05) is 0 Å². The molecule has 0 fully saturated rings. The van der Waals surface area contributed by atoms with Gasteiger partial charge in [0.2, 0.25) is 0 Å². The first-order valence-corrected chi connectivity index (χ1v) is 3.78. The molecule has 0 bridgehead atoms. The molecule has 0 aromatic rings. The molecule has 0 saturated heterocycles. The third-order valence-electron chi connectivity index (χ3n) is 1.83. The van der Waals surface area contributed by atoms with Gasteiger partial charge in [0.1, 0.15) is 6.10 Å². The number of aliphatic carboxylic acids is 2. The van der Waals surface area contributed by atoms with Crippen molar-refractivity contribution in [2.24, 2.45) is 5.92 Å². The van der Waals surface area contributed by atoms with E-state index in [4.69, 9.17) is 25.5 Å². The Balaban J connectivity index is 4.45. The van der Waals surface area contributed by atoms with Crippen LogP contribution in [0.4, 0.5) is 0 Å². The van der Waals surface area contributed by atoms with Crippen LogP contribution in [0, 0.1) is 5.92 Å². The summed E-state index contributed by atoms with van der Waals surface area (Å²) >= 11 is 0. The summed E-state index contributed by atoms with van der Waals surface area (Å²) in [7, 11) is 0. The normalized spacial score (nSPS) is 19.4. The van der Waals surface area contributed by atoms with E-state index in [1.165, 1.54) is 0 Å². The van der Waals surface area contributed by atoms with E-state index < -0.39 is 36.2 Å². The van der Waals surface area contributed by atoms with Gasteiger partial charge in [0.05, 0.1) is 12.0 Å². The van der Waals surface area contributed by atoms with E-state index in [2.05, 4.69) is 0 Å². The molecule has 0 radical (unpaired) electrons. The van der Waals surface area contributed by atoms with Crippen LogP contribution < -0.4 is 0 Å². The van der Waals surface area contributed by atoms with Crippen LogP contribution in [0.2, 0.25) is 0 Å². The zero-order chi connectivity index (χ0) is 11.5. The Labute approximate surface area is 79.2 Å². The first-order valence-electron chi connectivity index (χ1n) is 3.78. The molecule has 4 atom stereocenters. The maximum absolute atomic E-state index is 10.3. The summed E-state index contributed by atoms with van der Waals surface area (Å²) in [4.78, 5) is 20.5. The summed E-state index contributed by atoms with van der Waals surface area (Å²) in [5.41, 5.74) is 0. The van der Waals surface area contributed by atoms with Crippen molar-refractivity contribution in [2.45, 2.75) is 25.2 Å². The van der Waals surface area contributed by atoms with Crippen LogP contribution in [0.15, 0.2) is 0 Å². The molecule has 0 saturated carbocycles. The molecule has 0 aliphatic heterocycles. The highest BCUT2D eigenvalue weighted by Gasteiger charge is 2.35. The minimum atomic E-state index is -2.20. The Kier molecular flexibility index (Phi) is 4.48. The standard InChI is InChI=1S/C7H12O7/c1-2(6(11)12)3(8)4(9)5(10)7(13)14/h2-5,8-10H,1H3,(H,11,12)(H,13,14)/t2-,3+,4-,5+/m0/s1. The molecule has 0 unspecified atom stereocenters. The molecule has 0 spiro atoms. The fourth-order valence-electron chi connectivity index (χ4n) is 0.775. The largest absolute Gasteiger partial charge is 0.481 e. The number of hydrogen-bond acceptors (Lipinski definition) is 5. The lowest BCUT2D eigenvalue weighted by molar-refractivity contribution is -0.165. The van der Waals surface area contributed by atoms with Gasteiger partial charge in [-0.05, 0) is 6.92 Å². The Morgan fingerprint density at radius 2 is 1.36 bits per heavy atom. The molecule has 0 amide bonds. The molecule has 5 N–H and O–H groups in total. The molecule has 0 aliphatic rings. The lowest BCUT2D eigenvalue weighted by Gasteiger charge is -2.22. The van der Waals surface area contributed by atoms with Crippen molar-refractivity contribution in [2.75, 3.05) is 0 Å². The molecule has 82 valence electrons. The van der Waals surface area contributed by atoms with Crippen LogP contribution in [0.1, 0.15) is 6.92 Å². The van der Waals surface area contributed by atoms with E-state index in [1.54, 1.807) is 0 Å². The predicted molar refractivity (Wildman–Crippen MR) is 42.5 cm³/mol. The number of aliphatic hydroxyl groups excluding tert-OH is 3. The second-order valence-electron chi connectivity index (χ2n) is 2.89. The summed E-state index contributed by atoms with van der Waals surface area (Å²) in [6.45, 7) is 1.09. The topological polar surface area (TPSA) is 135 Å². The van der Waals surface area contributed by atoms with Crippen LogP contribution in [0.25, 0.3) is 0 Å². The third-order valence-corrected chi connectivity index (χ3v) is 1.83. The van der Waals surface area contributed by atoms with E-state index in [-0.39, 0.29) is 0 Å². The van der Waals surface area contributed by atoms with Gasteiger partial charge in [-0.1, -0.05) is 0 Å². The lowest BCUT2D eigenvalue weighted by atomic mass is 9.96. The number of carbonyl (C=O) groups is 2. The van der Waals surface area contributed by atoms with Crippen molar-refractivity contribution in [3.8, 4) is 0 Å². The second kappa shape index (κ2) is 4.89. The highest BCUT2D eigenvalue weighted by Crippen LogP contribution is 2.10. The molecule has 0 aromatic carbocycles. The Hall–Kier alpha value is -1.18. The third kappa shape index (κ3) is 2.95. The first-order chi connectivity index (χ1) is 6.29. The maximum atomic E-state index is 10.3. The zero-order valence-electron chi connectivity index (χ0n) is 7.36. The molecule has 14 heavy (non-hydrogen) atoms. The van der Waals surface area contributed by atoms with E-state index in [0.717, 1.165) is 6.92 Å². The smallest absolute Gasteiger partial charge is 0.335 e. The van der Waals surface area contributed by atoms with Gasteiger partial charge < -0.3 is 25.5 Å². The number of carboxylic acids is 2. The fourth-order valence-corrected chi connectivity index (χ4v) is 0.775. The Morgan fingerprint density at radius 1 is 0.929 bits per heavy atom. The van der Waals surface area contributed by atoms with Crippen molar-refractivity contribution in [3.63, 3.8) is 0 Å². The van der Waals surface area contributed by atoms with Crippen LogP contribution in [-0.4, -0.2) is 55.8 Å². The molecular weight excluding hydrogens is 196 g/mol. The molecule has 0 heterocycles.